The van der Waals surface area contributed by atoms with Crippen LogP contribution in [0.1, 0.15) is 31.4 Å². The van der Waals surface area contributed by atoms with E-state index in [1.54, 1.807) is 11.8 Å². The number of piperidine rings is 1. The second-order valence-corrected chi connectivity index (χ2v) is 9.95. The van der Waals surface area contributed by atoms with Crippen molar-refractivity contribution in [1.82, 2.24) is 9.62 Å². The Morgan fingerprint density at radius 3 is 2.24 bits per heavy atom. The summed E-state index contributed by atoms with van der Waals surface area (Å²) < 4.78 is 39.8. The minimum absolute atomic E-state index is 0.0507. The average molecular weight is 437 g/mol. The first-order valence-corrected chi connectivity index (χ1v) is 12.2. The molecule has 0 bridgehead atoms. The number of nitrogens with one attached hydrogen (secondary N) is 1. The number of sulfonamides is 1. The first-order chi connectivity index (χ1) is 13.8. The molecule has 1 atom stereocenters. The normalized spacial score (nSPS) is 17.1. The van der Waals surface area contributed by atoms with Crippen molar-refractivity contribution in [2.45, 2.75) is 35.6 Å². The summed E-state index contributed by atoms with van der Waals surface area (Å²) in [7, 11) is -3.67. The van der Waals surface area contributed by atoms with Crippen molar-refractivity contribution in [2.75, 3.05) is 19.3 Å². The van der Waals surface area contributed by atoms with Crippen LogP contribution < -0.4 is 5.32 Å². The van der Waals surface area contributed by atoms with Crippen LogP contribution in [0.15, 0.2) is 58.3 Å². The Hall–Kier alpha value is -1.90. The van der Waals surface area contributed by atoms with Crippen molar-refractivity contribution in [3.63, 3.8) is 0 Å². The molecular formula is C21H25FN2O3S2. The van der Waals surface area contributed by atoms with Crippen molar-refractivity contribution in [1.29, 1.82) is 0 Å². The first kappa shape index (κ1) is 21.8. The van der Waals surface area contributed by atoms with E-state index in [9.17, 15) is 17.6 Å². The van der Waals surface area contributed by atoms with Crippen LogP contribution in [0.4, 0.5) is 4.39 Å². The molecule has 0 spiro atoms. The van der Waals surface area contributed by atoms with Gasteiger partial charge in [-0.1, -0.05) is 12.1 Å². The minimum Gasteiger partial charge on any atom is -0.349 e. The van der Waals surface area contributed by atoms with E-state index in [2.05, 4.69) is 5.32 Å². The molecule has 0 saturated carbocycles. The fraction of sp³-hybridized carbons (Fsp3) is 0.381. The average Bonchev–Trinajstić information content (AvgIpc) is 2.74. The van der Waals surface area contributed by atoms with Gasteiger partial charge in [0.1, 0.15) is 5.82 Å². The molecule has 1 amide bonds. The number of thioether (sulfide) groups is 1. The smallest absolute Gasteiger partial charge is 0.243 e. The molecule has 1 aliphatic heterocycles. The van der Waals surface area contributed by atoms with Gasteiger partial charge < -0.3 is 5.32 Å². The molecule has 0 aliphatic carbocycles. The minimum atomic E-state index is -3.67. The van der Waals surface area contributed by atoms with Crippen LogP contribution in [0.3, 0.4) is 0 Å². The highest BCUT2D eigenvalue weighted by atomic mass is 32.2. The van der Waals surface area contributed by atoms with Gasteiger partial charge in [0.25, 0.3) is 0 Å². The molecule has 0 aromatic heterocycles. The van der Waals surface area contributed by atoms with Gasteiger partial charge in [-0.25, -0.2) is 12.8 Å². The SMILES string of the molecule is CSc1ccc([C@@H](C)NC(=O)C2CCN(S(=O)(=O)c3ccc(F)cc3)CC2)cc1. The summed E-state index contributed by atoms with van der Waals surface area (Å²) in [5.74, 6) is -0.746. The highest BCUT2D eigenvalue weighted by Gasteiger charge is 2.32. The number of rotatable bonds is 6. The van der Waals surface area contributed by atoms with Gasteiger partial charge in [-0.3, -0.25) is 4.79 Å². The molecule has 1 aliphatic rings. The molecule has 29 heavy (non-hydrogen) atoms. The first-order valence-electron chi connectivity index (χ1n) is 9.51. The van der Waals surface area contributed by atoms with Gasteiger partial charge in [0.2, 0.25) is 15.9 Å². The second-order valence-electron chi connectivity index (χ2n) is 7.14. The van der Waals surface area contributed by atoms with Crippen molar-refractivity contribution in [3.8, 4) is 0 Å². The topological polar surface area (TPSA) is 66.5 Å². The standard InChI is InChI=1S/C21H25FN2O3S2/c1-15(16-3-7-19(28-2)8-4-16)23-21(25)17-11-13-24(14-12-17)29(26,27)20-9-5-18(22)6-10-20/h3-10,15,17H,11-14H2,1-2H3,(H,23,25)/t15-/m1/s1. The number of nitrogens with zero attached hydrogens (tertiary/aromatic N) is 1. The van der Waals surface area contributed by atoms with Crippen LogP contribution in [-0.4, -0.2) is 38.0 Å². The number of benzene rings is 2. The van der Waals surface area contributed by atoms with Gasteiger partial charge in [-0.15, -0.1) is 11.8 Å². The fourth-order valence-electron chi connectivity index (χ4n) is 3.42. The van der Waals surface area contributed by atoms with E-state index < -0.39 is 15.8 Å². The lowest BCUT2D eigenvalue weighted by Gasteiger charge is -2.31. The third kappa shape index (κ3) is 5.18. The molecule has 8 heteroatoms. The van der Waals surface area contributed by atoms with Gasteiger partial charge in [-0.2, -0.15) is 4.31 Å². The summed E-state index contributed by atoms with van der Waals surface area (Å²) in [5.41, 5.74) is 1.03. The summed E-state index contributed by atoms with van der Waals surface area (Å²) in [4.78, 5) is 13.9. The van der Waals surface area contributed by atoms with E-state index in [1.807, 2.05) is 37.4 Å². The van der Waals surface area contributed by atoms with E-state index in [0.717, 1.165) is 17.7 Å². The van der Waals surface area contributed by atoms with Gasteiger partial charge in [0.05, 0.1) is 10.9 Å². The quantitative estimate of drug-likeness (QED) is 0.699. The number of amides is 1. The zero-order chi connectivity index (χ0) is 21.0. The van der Waals surface area contributed by atoms with Gasteiger partial charge >= 0.3 is 0 Å². The van der Waals surface area contributed by atoms with E-state index >= 15 is 0 Å². The van der Waals surface area contributed by atoms with Gasteiger partial charge in [0, 0.05) is 23.9 Å². The Kier molecular flexibility index (Phi) is 6.97. The van der Waals surface area contributed by atoms with Crippen molar-refractivity contribution < 1.29 is 17.6 Å². The molecule has 3 rings (SSSR count). The molecule has 1 heterocycles. The third-order valence-electron chi connectivity index (χ3n) is 5.25. The highest BCUT2D eigenvalue weighted by Crippen LogP contribution is 2.25. The maximum Gasteiger partial charge on any atom is 0.243 e. The van der Waals surface area contributed by atoms with Crippen LogP contribution in [0.5, 0.6) is 0 Å². The molecule has 2 aromatic carbocycles. The molecule has 2 aromatic rings. The zero-order valence-corrected chi connectivity index (χ0v) is 18.1. The number of hydrogen-bond acceptors (Lipinski definition) is 4. The lowest BCUT2D eigenvalue weighted by molar-refractivity contribution is -0.126. The van der Waals surface area contributed by atoms with Crippen molar-refractivity contribution in [3.05, 3.63) is 59.9 Å². The molecule has 5 nitrogen and oxygen atoms in total. The predicted molar refractivity (Wildman–Crippen MR) is 113 cm³/mol. The zero-order valence-electron chi connectivity index (χ0n) is 16.5. The lowest BCUT2D eigenvalue weighted by Crippen LogP contribution is -2.43. The van der Waals surface area contributed by atoms with Gasteiger partial charge in [0.15, 0.2) is 0 Å². The molecule has 1 N–H and O–H groups in total. The summed E-state index contributed by atoms with van der Waals surface area (Å²) in [6, 6.07) is 12.8. The van der Waals surface area contributed by atoms with Crippen molar-refractivity contribution in [2.24, 2.45) is 5.92 Å². The Balaban J connectivity index is 1.56. The summed E-state index contributed by atoms with van der Waals surface area (Å²) in [6.45, 7) is 2.49. The second kappa shape index (κ2) is 9.28. The van der Waals surface area contributed by atoms with Gasteiger partial charge in [-0.05, 0) is 68.0 Å². The largest absolute Gasteiger partial charge is 0.349 e. The Bertz CT molecular complexity index is 939. The maximum atomic E-state index is 13.1. The molecule has 1 saturated heterocycles. The number of halogens is 1. The fourth-order valence-corrected chi connectivity index (χ4v) is 5.30. The highest BCUT2D eigenvalue weighted by molar-refractivity contribution is 7.98. The number of carbonyl (C=O) groups is 1. The molecule has 1 fully saturated rings. The Morgan fingerprint density at radius 2 is 1.69 bits per heavy atom. The van der Waals surface area contributed by atoms with Crippen LogP contribution in [0.2, 0.25) is 0 Å². The summed E-state index contributed by atoms with van der Waals surface area (Å²) in [5, 5.41) is 3.04. The van der Waals surface area contributed by atoms with Crippen LogP contribution >= 0.6 is 11.8 Å². The van der Waals surface area contributed by atoms with E-state index in [4.69, 9.17) is 0 Å². The third-order valence-corrected chi connectivity index (χ3v) is 7.91. The van der Waals surface area contributed by atoms with Crippen molar-refractivity contribution >= 4 is 27.7 Å². The Morgan fingerprint density at radius 1 is 1.10 bits per heavy atom. The molecule has 156 valence electrons. The molecule has 0 radical (unpaired) electrons. The number of carbonyl (C=O) groups excluding carboxylic acids is 1. The van der Waals surface area contributed by atoms with E-state index in [1.165, 1.54) is 21.3 Å². The molecular weight excluding hydrogens is 411 g/mol. The molecule has 0 unspecified atom stereocenters. The van der Waals surface area contributed by atoms with E-state index in [-0.39, 0.29) is 35.9 Å². The maximum absolute atomic E-state index is 13.1. The Labute approximate surface area is 175 Å². The summed E-state index contributed by atoms with van der Waals surface area (Å²) >= 11 is 1.67. The number of hydrogen-bond donors (Lipinski definition) is 1. The monoisotopic (exact) mass is 436 g/mol. The predicted octanol–water partition coefficient (Wildman–Crippen LogP) is 3.83. The lowest BCUT2D eigenvalue weighted by atomic mass is 9.96. The van der Waals surface area contributed by atoms with Crippen LogP contribution in [0.25, 0.3) is 0 Å². The van der Waals surface area contributed by atoms with Crippen LogP contribution in [-0.2, 0) is 14.8 Å². The summed E-state index contributed by atoms with van der Waals surface area (Å²) in [6.07, 6.45) is 2.94. The van der Waals surface area contributed by atoms with Crippen LogP contribution in [0, 0.1) is 11.7 Å². The van der Waals surface area contributed by atoms with E-state index in [0.29, 0.717) is 12.8 Å².